The van der Waals surface area contributed by atoms with Crippen LogP contribution in [-0.2, 0) is 19.6 Å². The van der Waals surface area contributed by atoms with Crippen LogP contribution in [0.2, 0.25) is 0 Å². The highest BCUT2D eigenvalue weighted by molar-refractivity contribution is 14.1. The van der Waals surface area contributed by atoms with E-state index in [4.69, 9.17) is 47.0 Å². The van der Waals surface area contributed by atoms with E-state index in [-0.39, 0.29) is 28.5 Å². The third kappa shape index (κ3) is 18.1. The fourth-order valence-corrected chi connectivity index (χ4v) is 21.1. The SMILES string of the molecule is C[C@H]1N=C(c2ccccc2)c2cc(Br)ccc2-n2cnc(-c3ccco3)c21.C[C@H]1N=C(c2ccccc2F)c2cc(Br)ccc2-n2cnc(-c3ccco3)c21.Cc1ccoc1-c1ncn2c1CN=C(c1ccccc1Br)c1cc(Br)ccc1-2.Cc1ccoc1-c1ncn2c1CN=C(c1ccccc1I)c1cc(Br)ccc1-2.Cc1ccoc1-c1ncn2c1CN=C(c1ccccc1[N+](=O)[O-])c1cc(Br)ccc1-2. The molecule has 20 aromatic rings. The Hall–Kier alpha value is -14.1. The monoisotopic (exact) mass is 2350 g/mol. The number of aryl methyl sites for hydroxylation is 3. The maximum Gasteiger partial charge on any atom is 0.278 e. The molecule has 2 atom stereocenters. The first-order valence-corrected chi connectivity index (χ1v) is 50.4. The number of para-hydroxylation sites is 1. The van der Waals surface area contributed by atoms with Crippen molar-refractivity contribution in [3.05, 3.63) is 471 Å². The molecule has 10 aromatic carbocycles. The first kappa shape index (κ1) is 93.2. The zero-order chi connectivity index (χ0) is 97.0. The molecule has 0 radical (unpaired) electrons. The van der Waals surface area contributed by atoms with Crippen LogP contribution in [0, 0.1) is 40.3 Å². The van der Waals surface area contributed by atoms with Crippen LogP contribution in [0.25, 0.3) is 85.7 Å². The predicted octanol–water partition coefficient (Wildman–Crippen LogP) is 29.7. The number of rotatable bonds is 11. The van der Waals surface area contributed by atoms with Crippen molar-refractivity contribution in [1.82, 2.24) is 47.8 Å². The summed E-state index contributed by atoms with van der Waals surface area (Å²) >= 11 is 24.0. The Morgan fingerprint density at radius 3 is 1.10 bits per heavy atom. The number of halogens is 8. The van der Waals surface area contributed by atoms with Crippen LogP contribution in [0.4, 0.5) is 10.1 Å². The Kier molecular flexibility index (Phi) is 26.4. The molecule has 31 heteroatoms. The maximum atomic E-state index is 14.7. The molecule has 0 N–H and O–H groups in total. The van der Waals surface area contributed by atoms with Gasteiger partial charge in [0.2, 0.25) is 0 Å². The summed E-state index contributed by atoms with van der Waals surface area (Å²) in [5.41, 5.74) is 30.1. The minimum Gasteiger partial charge on any atom is -0.463 e. The van der Waals surface area contributed by atoms with Crippen molar-refractivity contribution >= 4 is 152 Å². The van der Waals surface area contributed by atoms with Gasteiger partial charge in [0.25, 0.3) is 5.69 Å². The van der Waals surface area contributed by atoms with E-state index in [2.05, 4.69) is 249 Å². The van der Waals surface area contributed by atoms with Crippen molar-refractivity contribution < 1.29 is 31.4 Å². The highest BCUT2D eigenvalue weighted by Crippen LogP contribution is 2.45. The number of benzene rings is 10. The Morgan fingerprint density at radius 1 is 0.348 bits per heavy atom. The third-order valence-electron chi connectivity index (χ3n) is 24.7. The Bertz CT molecular complexity index is 8230. The van der Waals surface area contributed by atoms with E-state index in [1.165, 1.54) is 15.7 Å². The number of hydrogen-bond donors (Lipinski definition) is 0. The molecule has 0 fully saturated rings. The van der Waals surface area contributed by atoms with Crippen molar-refractivity contribution in [2.75, 3.05) is 0 Å². The maximum absolute atomic E-state index is 14.7. The molecule has 141 heavy (non-hydrogen) atoms. The largest absolute Gasteiger partial charge is 0.463 e. The molecule has 0 unspecified atom stereocenters. The molecule has 5 aliphatic rings. The molecule has 5 aliphatic heterocycles. The number of aromatic nitrogens is 10. The van der Waals surface area contributed by atoms with E-state index in [1.807, 2.05) is 189 Å². The lowest BCUT2D eigenvalue weighted by Gasteiger charge is -2.13. The third-order valence-corrected chi connectivity index (χ3v) is 28.8. The van der Waals surface area contributed by atoms with Gasteiger partial charge in [-0.25, -0.2) is 29.3 Å². The van der Waals surface area contributed by atoms with Crippen molar-refractivity contribution in [3.8, 4) is 85.7 Å². The molecule has 0 spiro atoms. The highest BCUT2D eigenvalue weighted by Gasteiger charge is 2.35. The molecular formula is C110H76Br6FIN16O7. The van der Waals surface area contributed by atoms with E-state index in [1.54, 1.807) is 74.3 Å². The smallest absolute Gasteiger partial charge is 0.278 e. The topological polar surface area (TPSA) is 260 Å². The molecule has 15 heterocycles. The number of aliphatic imine (C=N–C) groups is 5. The van der Waals surface area contributed by atoms with Crippen molar-refractivity contribution in [2.24, 2.45) is 25.0 Å². The molecule has 0 saturated heterocycles. The normalized spacial score (nSPS) is 13.9. The summed E-state index contributed by atoms with van der Waals surface area (Å²) in [5, 5.41) is 11.7. The number of hydrogen-bond acceptors (Lipinski definition) is 17. The van der Waals surface area contributed by atoms with Crippen molar-refractivity contribution in [3.63, 3.8) is 0 Å². The van der Waals surface area contributed by atoms with Gasteiger partial charge >= 0.3 is 0 Å². The number of nitro groups is 1. The zero-order valence-corrected chi connectivity index (χ0v) is 87.1. The Balaban J connectivity index is 0.000000104. The van der Waals surface area contributed by atoms with Crippen LogP contribution in [0.5, 0.6) is 0 Å². The average Bonchev–Trinajstić information content (AvgIpc) is 1.62. The quantitative estimate of drug-likeness (QED) is 0.0665. The molecule has 0 bridgehead atoms. The summed E-state index contributed by atoms with van der Waals surface area (Å²) in [4.78, 5) is 59.3. The highest BCUT2D eigenvalue weighted by atomic mass is 127. The van der Waals surface area contributed by atoms with Gasteiger partial charge in [-0.1, -0.05) is 187 Å². The van der Waals surface area contributed by atoms with Crippen LogP contribution < -0.4 is 0 Å². The van der Waals surface area contributed by atoms with E-state index < -0.39 is 0 Å². The molecule has 25 rings (SSSR count). The van der Waals surface area contributed by atoms with Gasteiger partial charge in [-0.3, -0.25) is 57.9 Å². The van der Waals surface area contributed by atoms with Gasteiger partial charge < -0.3 is 22.1 Å². The second-order valence-corrected chi connectivity index (χ2v) is 40.0. The van der Waals surface area contributed by atoms with E-state index in [0.717, 1.165) is 208 Å². The number of furan rings is 5. The van der Waals surface area contributed by atoms with Gasteiger partial charge in [-0.2, -0.15) is 0 Å². The van der Waals surface area contributed by atoms with Gasteiger partial charge in [-0.15, -0.1) is 0 Å². The summed E-state index contributed by atoms with van der Waals surface area (Å²) < 4.78 is 60.3. The lowest BCUT2D eigenvalue weighted by Crippen LogP contribution is -2.09. The first-order valence-electron chi connectivity index (χ1n) is 44.5. The van der Waals surface area contributed by atoms with Crippen LogP contribution in [-0.4, -0.2) is 81.2 Å². The number of fused-ring (bicyclic) bond motifs is 15. The minimum atomic E-state index is -0.375. The predicted molar refractivity (Wildman–Crippen MR) is 574 cm³/mol. The van der Waals surface area contributed by atoms with E-state index in [0.29, 0.717) is 53.7 Å². The lowest BCUT2D eigenvalue weighted by molar-refractivity contribution is -0.385. The number of nitrogens with zero attached hydrogens (tertiary/aromatic N) is 16. The van der Waals surface area contributed by atoms with Crippen LogP contribution in [0.1, 0.15) is 127 Å². The van der Waals surface area contributed by atoms with Gasteiger partial charge in [0.1, 0.15) is 65.9 Å². The molecule has 694 valence electrons. The second-order valence-electron chi connectivity index (χ2n) is 33.4. The number of nitro benzene ring substituents is 1. The van der Waals surface area contributed by atoms with E-state index in [9.17, 15) is 14.5 Å². The fourth-order valence-electron chi connectivity index (χ4n) is 18.1. The minimum absolute atomic E-state index is 0.0222. The summed E-state index contributed by atoms with van der Waals surface area (Å²) in [6.45, 7) is 11.5. The van der Waals surface area contributed by atoms with Crippen molar-refractivity contribution in [2.45, 2.75) is 66.3 Å². The van der Waals surface area contributed by atoms with Gasteiger partial charge in [0, 0.05) is 86.5 Å². The average molecular weight is 2360 g/mol. The van der Waals surface area contributed by atoms with Gasteiger partial charge in [-0.05, 0) is 238 Å². The lowest BCUT2D eigenvalue weighted by atomic mass is 9.99. The summed E-state index contributed by atoms with van der Waals surface area (Å²) in [5.74, 6) is 3.45. The fraction of sp³-hybridized carbons (Fsp3) is 0.0909. The molecule has 0 amide bonds. The first-order chi connectivity index (χ1) is 68.7. The molecule has 10 aromatic heterocycles. The van der Waals surface area contributed by atoms with E-state index >= 15 is 0 Å². The molecule has 0 saturated carbocycles. The Morgan fingerprint density at radius 2 is 0.695 bits per heavy atom. The summed E-state index contributed by atoms with van der Waals surface area (Å²) in [6, 6.07) is 83.8. The van der Waals surface area contributed by atoms with Crippen LogP contribution >= 0.6 is 118 Å². The standard InChI is InChI=1S/C22H15Br2N3O.C22H15BrFN3O.C22H15BrIN3O.C22H15BrN4O3.C22H16BrN3O/c1-13-8-9-28-22(13)21-19-11-25-20(15-4-2-3-5-17(15)24)16-10-14(23)6-7-18(16)27(19)12-26-21;1-13-22-21(19-7-4-10-28-19)25-12-27(22)18-9-8-14(23)11-16(18)20(26-13)15-5-2-3-6-17(15)24;1-13-8-9-28-22(13)21-19-11-25-20(15-4-2-3-5-17(15)24)16-10-14(23)6-7-18(16)27(19)12-26-21;1-13-8-9-30-22(13)21-19-11-24-20(15-4-2-3-5-18(15)27(28)29)16-10-14(23)6-7-17(16)26(19)12-25-21;1-14-22-21(19-8-5-11-27-19)24-13-26(22)18-10-9-16(23)12-17(18)20(25-14)15-6-3-2-4-7-15/h2-10,12H,11H2,1H3;2-13H,1H3;2-10,12H,11H2,1H3;2-10,12H,11H2,1H3;2-14H,1H3/t;13-;;;14-/m.1..1/s1. The summed E-state index contributed by atoms with van der Waals surface area (Å²) in [7, 11) is 0. The van der Waals surface area contributed by atoms with Gasteiger partial charge in [0.15, 0.2) is 28.8 Å². The molecule has 23 nitrogen and oxygen atoms in total. The number of imidazole rings is 5. The summed E-state index contributed by atoms with van der Waals surface area (Å²) in [6.07, 6.45) is 17.5. The zero-order valence-electron chi connectivity index (χ0n) is 75.4. The molecular weight excluding hydrogens is 2280 g/mol. The Labute approximate surface area is 871 Å². The van der Waals surface area contributed by atoms with Crippen LogP contribution in [0.15, 0.2) is 398 Å². The second kappa shape index (κ2) is 39.9. The van der Waals surface area contributed by atoms with Crippen molar-refractivity contribution in [1.29, 1.82) is 0 Å². The van der Waals surface area contributed by atoms with Gasteiger partial charge in [0.05, 0.1) is 159 Å². The molecule has 0 aliphatic carbocycles. The van der Waals surface area contributed by atoms with Crippen LogP contribution in [0.3, 0.4) is 0 Å².